The lowest BCUT2D eigenvalue weighted by atomic mass is 10.1. The average Bonchev–Trinajstić information content (AvgIpc) is 2.80. The van der Waals surface area contributed by atoms with Crippen molar-refractivity contribution in [2.45, 2.75) is 6.54 Å². The molecule has 0 saturated heterocycles. The largest absolute Gasteiger partial charge is 0.320 e. The number of aromatic nitrogens is 2. The van der Waals surface area contributed by atoms with Crippen molar-refractivity contribution < 1.29 is 0 Å². The van der Waals surface area contributed by atoms with Crippen LogP contribution in [-0.4, -0.2) is 16.3 Å². The molecule has 3 heteroatoms. The fourth-order valence-electron chi connectivity index (χ4n) is 1.48. The number of nitrogens with zero attached hydrogens (tertiary/aromatic N) is 2. The zero-order valence-corrected chi connectivity index (χ0v) is 8.93. The van der Waals surface area contributed by atoms with Gasteiger partial charge in [-0.1, -0.05) is 24.0 Å². The van der Waals surface area contributed by atoms with Crippen LogP contribution in [0.3, 0.4) is 0 Å². The van der Waals surface area contributed by atoms with Gasteiger partial charge in [-0.2, -0.15) is 5.10 Å². The molecule has 2 aromatic rings. The van der Waals surface area contributed by atoms with E-state index < -0.39 is 0 Å². The predicted molar refractivity (Wildman–Crippen MR) is 63.7 cm³/mol. The van der Waals surface area contributed by atoms with Crippen LogP contribution in [0.4, 0.5) is 0 Å². The molecule has 1 heterocycles. The van der Waals surface area contributed by atoms with Gasteiger partial charge in [0.1, 0.15) is 0 Å². The van der Waals surface area contributed by atoms with Gasteiger partial charge in [0.15, 0.2) is 0 Å². The van der Waals surface area contributed by atoms with Crippen molar-refractivity contribution >= 4 is 0 Å². The molecule has 80 valence electrons. The molecule has 0 aliphatic rings. The zero-order chi connectivity index (χ0) is 11.2. The molecule has 0 spiro atoms. The van der Waals surface area contributed by atoms with Crippen LogP contribution < -0.4 is 5.73 Å². The van der Waals surface area contributed by atoms with Gasteiger partial charge in [-0.15, -0.1) is 0 Å². The van der Waals surface area contributed by atoms with Crippen molar-refractivity contribution in [1.29, 1.82) is 0 Å². The molecule has 0 aliphatic heterocycles. The van der Waals surface area contributed by atoms with E-state index in [0.717, 1.165) is 12.1 Å². The highest BCUT2D eigenvalue weighted by atomic mass is 15.3. The van der Waals surface area contributed by atoms with Crippen molar-refractivity contribution in [3.05, 3.63) is 53.9 Å². The second kappa shape index (κ2) is 5.15. The lowest BCUT2D eigenvalue weighted by molar-refractivity contribution is 0.687. The van der Waals surface area contributed by atoms with Gasteiger partial charge in [0.25, 0.3) is 0 Å². The molecule has 1 aromatic heterocycles. The first-order valence-electron chi connectivity index (χ1n) is 5.14. The smallest absolute Gasteiger partial charge is 0.0659 e. The molecule has 3 nitrogen and oxygen atoms in total. The Labute approximate surface area is 94.9 Å². The standard InChI is InChI=1S/C13H13N3/c14-7-2-6-12-4-1-5-13(10-12)11-16-9-3-8-15-16/h1,3-5,8-10H,7,11,14H2. The Hall–Kier alpha value is -2.05. The van der Waals surface area contributed by atoms with E-state index in [1.807, 2.05) is 29.1 Å². The van der Waals surface area contributed by atoms with Gasteiger partial charge >= 0.3 is 0 Å². The minimum atomic E-state index is 0.392. The Bertz CT molecular complexity index is 503. The monoisotopic (exact) mass is 211 g/mol. The van der Waals surface area contributed by atoms with Gasteiger partial charge in [0, 0.05) is 18.0 Å². The highest BCUT2D eigenvalue weighted by Crippen LogP contribution is 2.05. The number of hydrogen-bond acceptors (Lipinski definition) is 2. The maximum absolute atomic E-state index is 5.34. The first-order valence-corrected chi connectivity index (χ1v) is 5.14. The third-order valence-electron chi connectivity index (χ3n) is 2.17. The molecule has 1 aromatic carbocycles. The minimum absolute atomic E-state index is 0.392. The summed E-state index contributed by atoms with van der Waals surface area (Å²) in [5.41, 5.74) is 7.52. The lowest BCUT2D eigenvalue weighted by Crippen LogP contribution is -1.99. The third kappa shape index (κ3) is 2.72. The summed E-state index contributed by atoms with van der Waals surface area (Å²) in [4.78, 5) is 0. The van der Waals surface area contributed by atoms with Crippen molar-refractivity contribution in [3.8, 4) is 11.8 Å². The van der Waals surface area contributed by atoms with Crippen LogP contribution in [0.2, 0.25) is 0 Å². The van der Waals surface area contributed by atoms with Gasteiger partial charge in [0.05, 0.1) is 13.1 Å². The predicted octanol–water partition coefficient (Wildman–Crippen LogP) is 1.24. The van der Waals surface area contributed by atoms with Crippen LogP contribution in [0, 0.1) is 11.8 Å². The maximum atomic E-state index is 5.34. The van der Waals surface area contributed by atoms with E-state index in [9.17, 15) is 0 Å². The van der Waals surface area contributed by atoms with Crippen LogP contribution >= 0.6 is 0 Å². The normalized spacial score (nSPS) is 9.56. The summed E-state index contributed by atoms with van der Waals surface area (Å²) in [7, 11) is 0. The number of nitrogens with two attached hydrogens (primary N) is 1. The highest BCUT2D eigenvalue weighted by molar-refractivity contribution is 5.37. The second-order valence-electron chi connectivity index (χ2n) is 3.41. The van der Waals surface area contributed by atoms with E-state index in [1.165, 1.54) is 5.56 Å². The first kappa shape index (κ1) is 10.5. The first-order chi connectivity index (χ1) is 7.88. The maximum Gasteiger partial charge on any atom is 0.0659 e. The van der Waals surface area contributed by atoms with Crippen LogP contribution in [0.1, 0.15) is 11.1 Å². The molecular formula is C13H13N3. The summed E-state index contributed by atoms with van der Waals surface area (Å²) < 4.78 is 1.88. The summed E-state index contributed by atoms with van der Waals surface area (Å²) in [6.45, 7) is 1.16. The van der Waals surface area contributed by atoms with E-state index in [2.05, 4.69) is 29.1 Å². The fraction of sp³-hybridized carbons (Fsp3) is 0.154. The molecular weight excluding hydrogens is 198 g/mol. The van der Waals surface area contributed by atoms with E-state index in [4.69, 9.17) is 5.73 Å². The molecule has 0 aliphatic carbocycles. The Morgan fingerprint density at radius 3 is 3.00 bits per heavy atom. The van der Waals surface area contributed by atoms with Gasteiger partial charge in [0.2, 0.25) is 0 Å². The van der Waals surface area contributed by atoms with Crippen LogP contribution in [-0.2, 0) is 6.54 Å². The third-order valence-corrected chi connectivity index (χ3v) is 2.17. The number of rotatable bonds is 2. The van der Waals surface area contributed by atoms with Crippen molar-refractivity contribution in [3.63, 3.8) is 0 Å². The summed E-state index contributed by atoms with van der Waals surface area (Å²) in [5, 5.41) is 4.16. The van der Waals surface area contributed by atoms with Crippen molar-refractivity contribution in [2.24, 2.45) is 5.73 Å². The summed E-state index contributed by atoms with van der Waals surface area (Å²) in [6.07, 6.45) is 3.72. The molecule has 2 N–H and O–H groups in total. The van der Waals surface area contributed by atoms with Gasteiger partial charge < -0.3 is 5.73 Å². The van der Waals surface area contributed by atoms with E-state index in [-0.39, 0.29) is 0 Å². The highest BCUT2D eigenvalue weighted by Gasteiger charge is 1.95. The van der Waals surface area contributed by atoms with Gasteiger partial charge in [-0.3, -0.25) is 4.68 Å². The Morgan fingerprint density at radius 1 is 1.31 bits per heavy atom. The summed E-state index contributed by atoms with van der Waals surface area (Å²) >= 11 is 0. The number of hydrogen-bond donors (Lipinski definition) is 1. The average molecular weight is 211 g/mol. The zero-order valence-electron chi connectivity index (χ0n) is 8.93. The van der Waals surface area contributed by atoms with Gasteiger partial charge in [-0.05, 0) is 23.8 Å². The molecule has 0 atom stereocenters. The number of benzene rings is 1. The van der Waals surface area contributed by atoms with Crippen LogP contribution in [0.25, 0.3) is 0 Å². The van der Waals surface area contributed by atoms with Crippen molar-refractivity contribution in [2.75, 3.05) is 6.54 Å². The molecule has 0 bridgehead atoms. The van der Waals surface area contributed by atoms with E-state index >= 15 is 0 Å². The van der Waals surface area contributed by atoms with Crippen LogP contribution in [0.5, 0.6) is 0 Å². The quantitative estimate of drug-likeness (QED) is 0.759. The molecule has 0 unspecified atom stereocenters. The SMILES string of the molecule is NCC#Cc1cccc(Cn2cccn2)c1. The molecule has 2 rings (SSSR count). The van der Waals surface area contributed by atoms with E-state index in [0.29, 0.717) is 6.54 Å². The summed E-state index contributed by atoms with van der Waals surface area (Å²) in [5.74, 6) is 5.87. The Balaban J connectivity index is 2.16. The van der Waals surface area contributed by atoms with Gasteiger partial charge in [-0.25, -0.2) is 0 Å². The summed E-state index contributed by atoms with van der Waals surface area (Å²) in [6, 6.07) is 10.0. The lowest BCUT2D eigenvalue weighted by Gasteiger charge is -2.02. The Morgan fingerprint density at radius 2 is 2.25 bits per heavy atom. The molecule has 0 saturated carbocycles. The molecule has 0 amide bonds. The van der Waals surface area contributed by atoms with E-state index in [1.54, 1.807) is 6.20 Å². The Kier molecular flexibility index (Phi) is 3.37. The molecule has 16 heavy (non-hydrogen) atoms. The van der Waals surface area contributed by atoms with Crippen molar-refractivity contribution in [1.82, 2.24) is 9.78 Å². The minimum Gasteiger partial charge on any atom is -0.320 e. The fourth-order valence-corrected chi connectivity index (χ4v) is 1.48. The topological polar surface area (TPSA) is 43.8 Å². The molecule has 0 radical (unpaired) electrons. The molecule has 0 fully saturated rings. The van der Waals surface area contributed by atoms with Crippen LogP contribution in [0.15, 0.2) is 42.7 Å². The second-order valence-corrected chi connectivity index (χ2v) is 3.41.